The highest BCUT2D eigenvalue weighted by molar-refractivity contribution is 9.10. The molecule has 0 unspecified atom stereocenters. The molecule has 3 N–H and O–H groups in total. The van der Waals surface area contributed by atoms with E-state index >= 15 is 0 Å². The van der Waals surface area contributed by atoms with Crippen molar-refractivity contribution < 1.29 is 8.42 Å². The highest BCUT2D eigenvalue weighted by Crippen LogP contribution is 2.09. The molecule has 1 aromatic rings. The molecule has 0 atom stereocenters. The summed E-state index contributed by atoms with van der Waals surface area (Å²) in [5.41, 5.74) is 0. The minimum absolute atomic E-state index is 0.110. The van der Waals surface area contributed by atoms with Gasteiger partial charge in [0.05, 0.1) is 5.75 Å². The molecule has 1 heterocycles. The first kappa shape index (κ1) is 11.4. The number of hydrogen-bond acceptors (Lipinski definition) is 4. The van der Waals surface area contributed by atoms with Gasteiger partial charge in [0.25, 0.3) is 0 Å². The third kappa shape index (κ3) is 4.54. The molecule has 0 aromatic carbocycles. The van der Waals surface area contributed by atoms with E-state index in [2.05, 4.69) is 26.2 Å². The second-order valence-corrected chi connectivity index (χ2v) is 5.19. The van der Waals surface area contributed by atoms with Crippen LogP contribution in [-0.4, -0.2) is 25.7 Å². The minimum Gasteiger partial charge on any atom is -0.369 e. The van der Waals surface area contributed by atoms with Crippen LogP contribution in [0.2, 0.25) is 0 Å². The van der Waals surface area contributed by atoms with Gasteiger partial charge in [-0.05, 0) is 28.1 Å². The number of primary sulfonamides is 1. The number of anilines is 1. The van der Waals surface area contributed by atoms with E-state index in [-0.39, 0.29) is 12.3 Å². The van der Waals surface area contributed by atoms with E-state index in [1.54, 1.807) is 18.2 Å². The summed E-state index contributed by atoms with van der Waals surface area (Å²) in [6, 6.07) is 5.33. The molecule has 7 heteroatoms. The van der Waals surface area contributed by atoms with Crippen LogP contribution in [0.3, 0.4) is 0 Å². The fraction of sp³-hybridized carbons (Fsp3) is 0.286. The number of pyridine rings is 1. The summed E-state index contributed by atoms with van der Waals surface area (Å²) in [6.45, 7) is 0.252. The van der Waals surface area contributed by atoms with Gasteiger partial charge in [0.2, 0.25) is 10.0 Å². The number of hydrogen-bond donors (Lipinski definition) is 2. The first-order valence-electron chi connectivity index (χ1n) is 3.84. The third-order valence-electron chi connectivity index (χ3n) is 1.41. The molecule has 0 amide bonds. The van der Waals surface area contributed by atoms with Crippen LogP contribution in [-0.2, 0) is 10.0 Å². The fourth-order valence-electron chi connectivity index (χ4n) is 0.828. The zero-order valence-corrected chi connectivity index (χ0v) is 9.68. The average molecular weight is 280 g/mol. The molecule has 1 aromatic heterocycles. The van der Waals surface area contributed by atoms with Gasteiger partial charge in [-0.15, -0.1) is 0 Å². The number of nitrogens with two attached hydrogens (primary N) is 1. The van der Waals surface area contributed by atoms with Crippen LogP contribution in [0.25, 0.3) is 0 Å². The van der Waals surface area contributed by atoms with Crippen molar-refractivity contribution in [3.63, 3.8) is 0 Å². The molecule has 0 aliphatic carbocycles. The van der Waals surface area contributed by atoms with Crippen molar-refractivity contribution in [2.24, 2.45) is 5.14 Å². The maximum Gasteiger partial charge on any atom is 0.210 e. The maximum atomic E-state index is 10.6. The Morgan fingerprint density at radius 2 is 2.21 bits per heavy atom. The van der Waals surface area contributed by atoms with Crippen LogP contribution < -0.4 is 10.5 Å². The Balaban J connectivity index is 2.47. The molecule has 1 rings (SSSR count). The zero-order valence-electron chi connectivity index (χ0n) is 7.27. The van der Waals surface area contributed by atoms with Crippen molar-refractivity contribution in [3.05, 3.63) is 22.8 Å². The molecule has 0 radical (unpaired) electrons. The molecule has 0 fully saturated rings. The summed E-state index contributed by atoms with van der Waals surface area (Å²) in [5, 5.41) is 7.67. The fourth-order valence-corrected chi connectivity index (χ4v) is 1.56. The summed E-state index contributed by atoms with van der Waals surface area (Å²) in [7, 11) is -3.41. The Labute approximate surface area is 90.9 Å². The van der Waals surface area contributed by atoms with Gasteiger partial charge in [-0.3, -0.25) is 0 Å². The summed E-state index contributed by atoms with van der Waals surface area (Å²) >= 11 is 3.20. The van der Waals surface area contributed by atoms with Gasteiger partial charge in [-0.25, -0.2) is 18.5 Å². The number of nitrogens with zero attached hydrogens (tertiary/aromatic N) is 1. The second-order valence-electron chi connectivity index (χ2n) is 2.64. The number of rotatable bonds is 4. The largest absolute Gasteiger partial charge is 0.369 e. The second kappa shape index (κ2) is 4.72. The predicted octanol–water partition coefficient (Wildman–Crippen LogP) is 0.544. The van der Waals surface area contributed by atoms with E-state index in [4.69, 9.17) is 5.14 Å². The van der Waals surface area contributed by atoms with Crippen LogP contribution in [0.5, 0.6) is 0 Å². The Morgan fingerprint density at radius 1 is 1.50 bits per heavy atom. The van der Waals surface area contributed by atoms with Crippen LogP contribution in [0.4, 0.5) is 5.82 Å². The van der Waals surface area contributed by atoms with Crippen molar-refractivity contribution in [2.75, 3.05) is 17.6 Å². The summed E-state index contributed by atoms with van der Waals surface area (Å²) in [5.74, 6) is 0.504. The van der Waals surface area contributed by atoms with Crippen molar-refractivity contribution in [2.45, 2.75) is 0 Å². The van der Waals surface area contributed by atoms with E-state index in [0.29, 0.717) is 10.4 Å². The quantitative estimate of drug-likeness (QED) is 0.788. The summed E-state index contributed by atoms with van der Waals surface area (Å²) < 4.78 is 21.9. The standard InChI is InChI=1S/C7H10BrN3O2S/c8-6-2-1-3-7(11-6)10-4-5-14(9,12)13/h1-3H,4-5H2,(H,10,11)(H2,9,12,13). The van der Waals surface area contributed by atoms with Gasteiger partial charge in [-0.2, -0.15) is 0 Å². The van der Waals surface area contributed by atoms with Crippen LogP contribution in [0.1, 0.15) is 0 Å². The predicted molar refractivity (Wildman–Crippen MR) is 58.4 cm³/mol. The highest BCUT2D eigenvalue weighted by atomic mass is 79.9. The van der Waals surface area contributed by atoms with Crippen molar-refractivity contribution in [3.8, 4) is 0 Å². The molecule has 0 aliphatic rings. The van der Waals surface area contributed by atoms with Gasteiger partial charge in [0.15, 0.2) is 0 Å². The maximum absolute atomic E-state index is 10.6. The van der Waals surface area contributed by atoms with Gasteiger partial charge >= 0.3 is 0 Å². The topological polar surface area (TPSA) is 85.1 Å². The molecule has 0 saturated carbocycles. The lowest BCUT2D eigenvalue weighted by Gasteiger charge is -2.03. The van der Waals surface area contributed by atoms with E-state index in [1.807, 2.05) is 0 Å². The van der Waals surface area contributed by atoms with E-state index in [9.17, 15) is 8.42 Å². The van der Waals surface area contributed by atoms with E-state index < -0.39 is 10.0 Å². The molecule has 0 aliphatic heterocycles. The average Bonchev–Trinajstić information content (AvgIpc) is 2.01. The molecular formula is C7H10BrN3O2S. The molecule has 5 nitrogen and oxygen atoms in total. The number of sulfonamides is 1. The van der Waals surface area contributed by atoms with Gasteiger partial charge in [0, 0.05) is 6.54 Å². The summed E-state index contributed by atoms with van der Waals surface area (Å²) in [4.78, 5) is 4.06. The van der Waals surface area contributed by atoms with E-state index in [1.165, 1.54) is 0 Å². The molecule has 0 saturated heterocycles. The monoisotopic (exact) mass is 279 g/mol. The highest BCUT2D eigenvalue weighted by Gasteiger charge is 2.01. The smallest absolute Gasteiger partial charge is 0.210 e. The van der Waals surface area contributed by atoms with E-state index in [0.717, 1.165) is 0 Å². The molecule has 0 spiro atoms. The molecule has 0 bridgehead atoms. The zero-order chi connectivity index (χ0) is 10.6. The van der Waals surface area contributed by atoms with Gasteiger partial charge in [-0.1, -0.05) is 6.07 Å². The van der Waals surface area contributed by atoms with Gasteiger partial charge < -0.3 is 5.32 Å². The Bertz CT molecular complexity index is 407. The minimum atomic E-state index is -3.41. The Hall–Kier alpha value is -0.660. The SMILES string of the molecule is NS(=O)(=O)CCNc1cccc(Br)n1. The van der Waals surface area contributed by atoms with Crippen LogP contribution in [0.15, 0.2) is 22.8 Å². The molecular weight excluding hydrogens is 270 g/mol. The lowest BCUT2D eigenvalue weighted by molar-refractivity contribution is 0.598. The lowest BCUT2D eigenvalue weighted by atomic mass is 10.4. The van der Waals surface area contributed by atoms with Crippen molar-refractivity contribution in [1.82, 2.24) is 4.98 Å². The Kier molecular flexibility index (Phi) is 3.85. The van der Waals surface area contributed by atoms with Crippen LogP contribution >= 0.6 is 15.9 Å². The Morgan fingerprint density at radius 3 is 2.79 bits per heavy atom. The lowest BCUT2D eigenvalue weighted by Crippen LogP contribution is -2.22. The molecule has 14 heavy (non-hydrogen) atoms. The van der Waals surface area contributed by atoms with Crippen LogP contribution in [0, 0.1) is 0 Å². The molecule has 78 valence electrons. The van der Waals surface area contributed by atoms with Crippen molar-refractivity contribution in [1.29, 1.82) is 0 Å². The first-order valence-corrected chi connectivity index (χ1v) is 6.35. The van der Waals surface area contributed by atoms with Gasteiger partial charge in [0.1, 0.15) is 10.4 Å². The normalized spacial score (nSPS) is 11.3. The number of nitrogens with one attached hydrogen (secondary N) is 1. The first-order chi connectivity index (χ1) is 6.47. The van der Waals surface area contributed by atoms with Crippen molar-refractivity contribution >= 4 is 31.8 Å². The number of halogens is 1. The summed E-state index contributed by atoms with van der Waals surface area (Å²) in [6.07, 6.45) is 0. The third-order valence-corrected chi connectivity index (χ3v) is 2.62. The number of aromatic nitrogens is 1.